The van der Waals surface area contributed by atoms with Gasteiger partial charge < -0.3 is 5.32 Å². The molecule has 1 heterocycles. The third kappa shape index (κ3) is 4.72. The second kappa shape index (κ2) is 9.22. The van der Waals surface area contributed by atoms with E-state index >= 15 is 0 Å². The maximum atomic E-state index is 13.2. The van der Waals surface area contributed by atoms with Crippen LogP contribution in [0.25, 0.3) is 16.9 Å². The molecule has 1 N–H and O–H groups in total. The Bertz CT molecular complexity index is 970. The van der Waals surface area contributed by atoms with Gasteiger partial charge in [0.25, 0.3) is 5.91 Å². The lowest BCUT2D eigenvalue weighted by atomic mass is 10.1. The minimum absolute atomic E-state index is 0.233. The highest BCUT2D eigenvalue weighted by Crippen LogP contribution is 2.27. The van der Waals surface area contributed by atoms with Gasteiger partial charge in [0, 0.05) is 12.1 Å². The van der Waals surface area contributed by atoms with Crippen LogP contribution in [0.2, 0.25) is 10.0 Å². The van der Waals surface area contributed by atoms with E-state index in [4.69, 9.17) is 23.2 Å². The first kappa shape index (κ1) is 20.4. The normalized spacial score (nSPS) is 10.9. The van der Waals surface area contributed by atoms with E-state index in [0.29, 0.717) is 39.2 Å². The van der Waals surface area contributed by atoms with E-state index in [1.165, 1.54) is 16.8 Å². The van der Waals surface area contributed by atoms with E-state index in [1.54, 1.807) is 36.4 Å². The van der Waals surface area contributed by atoms with Crippen LogP contribution in [0.5, 0.6) is 0 Å². The molecule has 0 aliphatic rings. The zero-order valence-corrected chi connectivity index (χ0v) is 16.9. The molecule has 0 atom stereocenters. The van der Waals surface area contributed by atoms with Crippen molar-refractivity contribution in [3.05, 3.63) is 70.1 Å². The van der Waals surface area contributed by atoms with Gasteiger partial charge in [-0.05, 0) is 55.0 Å². The Hall–Kier alpha value is -2.37. The van der Waals surface area contributed by atoms with Crippen molar-refractivity contribution in [3.63, 3.8) is 0 Å². The van der Waals surface area contributed by atoms with Gasteiger partial charge in [-0.2, -0.15) is 5.10 Å². The second-order valence-electron chi connectivity index (χ2n) is 6.39. The second-order valence-corrected chi connectivity index (χ2v) is 7.21. The zero-order valence-electron chi connectivity index (χ0n) is 15.4. The lowest BCUT2D eigenvalue weighted by Crippen LogP contribution is -2.26. The molecular weight excluding hydrogens is 400 g/mol. The summed E-state index contributed by atoms with van der Waals surface area (Å²) in [6.45, 7) is 2.70. The van der Waals surface area contributed by atoms with E-state index in [0.717, 1.165) is 19.3 Å². The lowest BCUT2D eigenvalue weighted by Gasteiger charge is -2.09. The van der Waals surface area contributed by atoms with Crippen LogP contribution in [0.15, 0.2) is 48.5 Å². The number of rotatable bonds is 7. The van der Waals surface area contributed by atoms with E-state index in [-0.39, 0.29) is 11.7 Å². The SMILES string of the molecule is CCCCCNC(=O)c1cc(-c2ccc(F)cc2)nn1-c1ccc(Cl)c(Cl)c1. The minimum Gasteiger partial charge on any atom is -0.351 e. The highest BCUT2D eigenvalue weighted by molar-refractivity contribution is 6.42. The molecule has 0 spiro atoms. The number of halogens is 3. The van der Waals surface area contributed by atoms with Crippen LogP contribution in [-0.2, 0) is 0 Å². The van der Waals surface area contributed by atoms with E-state index in [9.17, 15) is 9.18 Å². The molecular formula is C21H20Cl2FN3O. The molecule has 0 radical (unpaired) electrons. The molecule has 1 aromatic heterocycles. The summed E-state index contributed by atoms with van der Waals surface area (Å²) >= 11 is 12.1. The maximum absolute atomic E-state index is 13.2. The van der Waals surface area contributed by atoms with Crippen molar-refractivity contribution in [3.8, 4) is 16.9 Å². The van der Waals surface area contributed by atoms with Crippen molar-refractivity contribution in [1.82, 2.24) is 15.1 Å². The Morgan fingerprint density at radius 2 is 1.82 bits per heavy atom. The van der Waals surface area contributed by atoms with Crippen molar-refractivity contribution in [2.45, 2.75) is 26.2 Å². The van der Waals surface area contributed by atoms with Gasteiger partial charge in [0.15, 0.2) is 0 Å². The zero-order chi connectivity index (χ0) is 20.1. The third-order valence-corrected chi connectivity index (χ3v) is 5.03. The molecule has 7 heteroatoms. The number of hydrogen-bond acceptors (Lipinski definition) is 2. The van der Waals surface area contributed by atoms with Gasteiger partial charge in [0.1, 0.15) is 11.5 Å². The summed E-state index contributed by atoms with van der Waals surface area (Å²) in [7, 11) is 0. The fourth-order valence-corrected chi connectivity index (χ4v) is 3.08. The van der Waals surface area contributed by atoms with Crippen LogP contribution in [0, 0.1) is 5.82 Å². The molecule has 0 aliphatic heterocycles. The Morgan fingerprint density at radius 1 is 1.07 bits per heavy atom. The number of carbonyl (C=O) groups excluding carboxylic acids is 1. The first-order valence-electron chi connectivity index (χ1n) is 9.09. The average molecular weight is 420 g/mol. The van der Waals surface area contributed by atoms with Gasteiger partial charge in [-0.3, -0.25) is 4.79 Å². The third-order valence-electron chi connectivity index (χ3n) is 4.30. The number of nitrogens with one attached hydrogen (secondary N) is 1. The summed E-state index contributed by atoms with van der Waals surface area (Å²) in [5.41, 5.74) is 2.25. The van der Waals surface area contributed by atoms with Crippen LogP contribution in [0.1, 0.15) is 36.7 Å². The molecule has 28 heavy (non-hydrogen) atoms. The largest absolute Gasteiger partial charge is 0.351 e. The first-order chi connectivity index (χ1) is 13.5. The van der Waals surface area contributed by atoms with Crippen molar-refractivity contribution >= 4 is 29.1 Å². The number of carbonyl (C=O) groups is 1. The monoisotopic (exact) mass is 419 g/mol. The number of amides is 1. The standard InChI is InChI=1S/C21H20Cl2FN3O/c1-2-3-4-11-25-21(28)20-13-19(14-5-7-15(24)8-6-14)26-27(20)16-9-10-17(22)18(23)12-16/h5-10,12-13H,2-4,11H2,1H3,(H,25,28). The molecule has 4 nitrogen and oxygen atoms in total. The predicted molar refractivity (Wildman–Crippen MR) is 111 cm³/mol. The number of unbranched alkanes of at least 4 members (excludes halogenated alkanes) is 2. The summed E-state index contributed by atoms with van der Waals surface area (Å²) in [5, 5.41) is 8.26. The Morgan fingerprint density at radius 3 is 2.50 bits per heavy atom. The molecule has 3 rings (SSSR count). The fraction of sp³-hybridized carbons (Fsp3) is 0.238. The van der Waals surface area contributed by atoms with Crippen molar-refractivity contribution in [2.75, 3.05) is 6.54 Å². The van der Waals surface area contributed by atoms with Gasteiger partial charge in [-0.1, -0.05) is 43.0 Å². The maximum Gasteiger partial charge on any atom is 0.270 e. The number of nitrogens with zero attached hydrogens (tertiary/aromatic N) is 2. The molecule has 1 amide bonds. The predicted octanol–water partition coefficient (Wildman–Crippen LogP) is 5.91. The summed E-state index contributed by atoms with van der Waals surface area (Å²) < 4.78 is 14.8. The van der Waals surface area contributed by atoms with E-state index in [2.05, 4.69) is 17.3 Å². The first-order valence-corrected chi connectivity index (χ1v) is 9.85. The van der Waals surface area contributed by atoms with Crippen LogP contribution >= 0.6 is 23.2 Å². The number of hydrogen-bond donors (Lipinski definition) is 1. The van der Waals surface area contributed by atoms with Gasteiger partial charge in [-0.25, -0.2) is 9.07 Å². The molecule has 0 saturated carbocycles. The Labute approximate surface area is 173 Å². The number of aromatic nitrogens is 2. The summed E-state index contributed by atoms with van der Waals surface area (Å²) in [4.78, 5) is 12.8. The van der Waals surface area contributed by atoms with Crippen molar-refractivity contribution in [1.29, 1.82) is 0 Å². The molecule has 0 bridgehead atoms. The minimum atomic E-state index is -0.332. The summed E-state index contributed by atoms with van der Waals surface area (Å²) in [5.74, 6) is -0.565. The molecule has 0 fully saturated rings. The van der Waals surface area contributed by atoms with Gasteiger partial charge in [0.2, 0.25) is 0 Å². The molecule has 3 aromatic rings. The summed E-state index contributed by atoms with van der Waals surface area (Å²) in [6, 6.07) is 12.7. The molecule has 0 saturated heterocycles. The van der Waals surface area contributed by atoms with E-state index < -0.39 is 0 Å². The van der Waals surface area contributed by atoms with Crippen molar-refractivity contribution in [2.24, 2.45) is 0 Å². The van der Waals surface area contributed by atoms with Crippen LogP contribution in [0.3, 0.4) is 0 Å². The highest BCUT2D eigenvalue weighted by Gasteiger charge is 2.18. The fourth-order valence-electron chi connectivity index (χ4n) is 2.79. The Balaban J connectivity index is 1.98. The average Bonchev–Trinajstić information content (AvgIpc) is 3.13. The van der Waals surface area contributed by atoms with Gasteiger partial charge in [-0.15, -0.1) is 0 Å². The quantitative estimate of drug-likeness (QED) is 0.484. The van der Waals surface area contributed by atoms with Crippen LogP contribution < -0.4 is 5.32 Å². The molecule has 2 aromatic carbocycles. The van der Waals surface area contributed by atoms with Gasteiger partial charge in [0.05, 0.1) is 21.4 Å². The lowest BCUT2D eigenvalue weighted by molar-refractivity contribution is 0.0945. The van der Waals surface area contributed by atoms with Gasteiger partial charge >= 0.3 is 0 Å². The highest BCUT2D eigenvalue weighted by atomic mass is 35.5. The summed E-state index contributed by atoms with van der Waals surface area (Å²) in [6.07, 6.45) is 3.03. The van der Waals surface area contributed by atoms with Crippen LogP contribution in [0.4, 0.5) is 4.39 Å². The molecule has 0 aliphatic carbocycles. The van der Waals surface area contributed by atoms with Crippen molar-refractivity contribution < 1.29 is 9.18 Å². The van der Waals surface area contributed by atoms with Crippen LogP contribution in [-0.4, -0.2) is 22.2 Å². The molecule has 146 valence electrons. The Kier molecular flexibility index (Phi) is 6.70. The topological polar surface area (TPSA) is 46.9 Å². The van der Waals surface area contributed by atoms with E-state index in [1.807, 2.05) is 0 Å². The number of benzene rings is 2. The smallest absolute Gasteiger partial charge is 0.270 e. The molecule has 0 unspecified atom stereocenters.